The third kappa shape index (κ3) is 2.85. The van der Waals surface area contributed by atoms with Crippen molar-refractivity contribution < 1.29 is 4.79 Å². The Morgan fingerprint density at radius 2 is 2.36 bits per heavy atom. The normalized spacial score (nSPS) is 11.4. The maximum atomic E-state index is 11.4. The van der Waals surface area contributed by atoms with Crippen LogP contribution >= 0.6 is 0 Å². The second-order valence-corrected chi connectivity index (χ2v) is 3.89. The third-order valence-corrected chi connectivity index (χ3v) is 1.78. The van der Waals surface area contributed by atoms with Gasteiger partial charge in [-0.15, -0.1) is 0 Å². The Kier molecular flexibility index (Phi) is 2.90. The van der Waals surface area contributed by atoms with Crippen molar-refractivity contribution in [3.63, 3.8) is 0 Å². The molecule has 5 nitrogen and oxygen atoms in total. The lowest BCUT2D eigenvalue weighted by Crippen LogP contribution is -2.48. The summed E-state index contributed by atoms with van der Waals surface area (Å²) in [7, 11) is 1.83. The fraction of sp³-hybridized carbons (Fsp3) is 0.556. The first-order valence-electron chi connectivity index (χ1n) is 4.45. The summed E-state index contributed by atoms with van der Waals surface area (Å²) in [5.41, 5.74) is 5.60. The number of rotatable bonds is 3. The van der Waals surface area contributed by atoms with E-state index in [0.717, 1.165) is 5.69 Å². The maximum Gasteiger partial charge on any atom is 0.239 e. The van der Waals surface area contributed by atoms with Crippen molar-refractivity contribution in [2.45, 2.75) is 25.9 Å². The van der Waals surface area contributed by atoms with Gasteiger partial charge in [0, 0.05) is 13.2 Å². The number of aromatic nitrogens is 2. The van der Waals surface area contributed by atoms with Crippen molar-refractivity contribution in [2.24, 2.45) is 12.8 Å². The van der Waals surface area contributed by atoms with Gasteiger partial charge < -0.3 is 11.1 Å². The van der Waals surface area contributed by atoms with Crippen LogP contribution in [-0.2, 0) is 18.4 Å². The molecule has 0 atom stereocenters. The van der Waals surface area contributed by atoms with E-state index in [2.05, 4.69) is 10.4 Å². The van der Waals surface area contributed by atoms with Gasteiger partial charge in [-0.25, -0.2) is 0 Å². The summed E-state index contributed by atoms with van der Waals surface area (Å²) in [4.78, 5) is 11.4. The predicted octanol–water partition coefficient (Wildman–Crippen LogP) is -0.226. The highest BCUT2D eigenvalue weighted by molar-refractivity contribution is 5.84. The van der Waals surface area contributed by atoms with E-state index in [4.69, 9.17) is 5.73 Å². The molecule has 1 aromatic heterocycles. The van der Waals surface area contributed by atoms with Gasteiger partial charge in [-0.2, -0.15) is 5.10 Å². The fourth-order valence-corrected chi connectivity index (χ4v) is 0.956. The lowest BCUT2D eigenvalue weighted by molar-refractivity contribution is -0.125. The van der Waals surface area contributed by atoms with Crippen LogP contribution in [0.4, 0.5) is 0 Å². The molecule has 1 aromatic rings. The lowest BCUT2D eigenvalue weighted by atomic mass is 10.1. The molecule has 0 aliphatic carbocycles. The van der Waals surface area contributed by atoms with Gasteiger partial charge in [-0.1, -0.05) is 0 Å². The first kappa shape index (κ1) is 10.7. The van der Waals surface area contributed by atoms with Crippen LogP contribution in [0.25, 0.3) is 0 Å². The highest BCUT2D eigenvalue weighted by Crippen LogP contribution is 1.98. The van der Waals surface area contributed by atoms with Crippen molar-refractivity contribution >= 4 is 5.91 Å². The molecule has 0 aromatic carbocycles. The van der Waals surface area contributed by atoms with Gasteiger partial charge in [0.05, 0.1) is 17.8 Å². The molecule has 0 radical (unpaired) electrons. The smallest absolute Gasteiger partial charge is 0.239 e. The number of amides is 1. The Balaban J connectivity index is 2.46. The first-order chi connectivity index (χ1) is 6.39. The number of nitrogens with one attached hydrogen (secondary N) is 1. The number of carbonyl (C=O) groups is 1. The predicted molar refractivity (Wildman–Crippen MR) is 53.3 cm³/mol. The number of nitrogens with two attached hydrogens (primary N) is 1. The molecule has 1 heterocycles. The SMILES string of the molecule is Cn1ccc(CNC(=O)C(C)(C)N)n1. The van der Waals surface area contributed by atoms with Crippen LogP contribution in [0.5, 0.6) is 0 Å². The summed E-state index contributed by atoms with van der Waals surface area (Å²) in [6.45, 7) is 3.75. The van der Waals surface area contributed by atoms with Gasteiger partial charge in [-0.05, 0) is 19.9 Å². The van der Waals surface area contributed by atoms with Gasteiger partial charge in [0.15, 0.2) is 0 Å². The van der Waals surface area contributed by atoms with E-state index < -0.39 is 5.54 Å². The van der Waals surface area contributed by atoms with Crippen LogP contribution in [0.15, 0.2) is 12.3 Å². The Bertz CT molecular complexity index is 324. The summed E-state index contributed by atoms with van der Waals surface area (Å²) in [6.07, 6.45) is 1.83. The molecular weight excluding hydrogens is 180 g/mol. The zero-order valence-electron chi connectivity index (χ0n) is 8.74. The highest BCUT2D eigenvalue weighted by Gasteiger charge is 2.21. The van der Waals surface area contributed by atoms with Crippen molar-refractivity contribution in [1.29, 1.82) is 0 Å². The quantitative estimate of drug-likeness (QED) is 0.701. The monoisotopic (exact) mass is 196 g/mol. The van der Waals surface area contributed by atoms with E-state index in [1.807, 2.05) is 19.3 Å². The van der Waals surface area contributed by atoms with E-state index in [-0.39, 0.29) is 5.91 Å². The highest BCUT2D eigenvalue weighted by atomic mass is 16.2. The fourth-order valence-electron chi connectivity index (χ4n) is 0.956. The number of nitrogens with zero attached hydrogens (tertiary/aromatic N) is 2. The van der Waals surface area contributed by atoms with E-state index in [1.54, 1.807) is 18.5 Å². The topological polar surface area (TPSA) is 72.9 Å². The standard InChI is InChI=1S/C9H16N4O/c1-9(2,10)8(14)11-6-7-4-5-13(3)12-7/h4-5H,6,10H2,1-3H3,(H,11,14). The summed E-state index contributed by atoms with van der Waals surface area (Å²) in [5.74, 6) is -0.178. The number of aryl methyl sites for hydroxylation is 1. The number of hydrogen-bond acceptors (Lipinski definition) is 3. The molecular formula is C9H16N4O. The zero-order chi connectivity index (χ0) is 10.8. The molecule has 0 spiro atoms. The minimum atomic E-state index is -0.839. The summed E-state index contributed by atoms with van der Waals surface area (Å²) in [5, 5.41) is 6.84. The molecule has 0 fully saturated rings. The van der Waals surface area contributed by atoms with Gasteiger partial charge in [-0.3, -0.25) is 9.48 Å². The first-order valence-corrected chi connectivity index (χ1v) is 4.45. The van der Waals surface area contributed by atoms with Crippen LogP contribution in [0.1, 0.15) is 19.5 Å². The van der Waals surface area contributed by atoms with Crippen molar-refractivity contribution in [3.8, 4) is 0 Å². The molecule has 5 heteroatoms. The molecule has 3 N–H and O–H groups in total. The van der Waals surface area contributed by atoms with Crippen LogP contribution in [0.2, 0.25) is 0 Å². The molecule has 1 rings (SSSR count). The summed E-state index contributed by atoms with van der Waals surface area (Å²) < 4.78 is 1.69. The second kappa shape index (κ2) is 3.79. The molecule has 0 bridgehead atoms. The molecule has 14 heavy (non-hydrogen) atoms. The van der Waals surface area contributed by atoms with Crippen LogP contribution < -0.4 is 11.1 Å². The Labute approximate surface area is 83.3 Å². The summed E-state index contributed by atoms with van der Waals surface area (Å²) >= 11 is 0. The van der Waals surface area contributed by atoms with Gasteiger partial charge in [0.2, 0.25) is 5.91 Å². The second-order valence-electron chi connectivity index (χ2n) is 3.89. The van der Waals surface area contributed by atoms with Crippen molar-refractivity contribution in [1.82, 2.24) is 15.1 Å². The van der Waals surface area contributed by atoms with Gasteiger partial charge >= 0.3 is 0 Å². The van der Waals surface area contributed by atoms with E-state index >= 15 is 0 Å². The van der Waals surface area contributed by atoms with Crippen LogP contribution in [0.3, 0.4) is 0 Å². The van der Waals surface area contributed by atoms with E-state index in [1.165, 1.54) is 0 Å². The average molecular weight is 196 g/mol. The molecule has 0 saturated heterocycles. The molecule has 1 amide bonds. The molecule has 0 aliphatic heterocycles. The Morgan fingerprint density at radius 3 is 2.79 bits per heavy atom. The average Bonchev–Trinajstić information content (AvgIpc) is 2.45. The van der Waals surface area contributed by atoms with E-state index in [9.17, 15) is 4.79 Å². The molecule has 0 saturated carbocycles. The van der Waals surface area contributed by atoms with E-state index in [0.29, 0.717) is 6.54 Å². The van der Waals surface area contributed by atoms with Crippen molar-refractivity contribution in [3.05, 3.63) is 18.0 Å². The van der Waals surface area contributed by atoms with Gasteiger partial charge in [0.25, 0.3) is 0 Å². The van der Waals surface area contributed by atoms with Crippen LogP contribution in [-0.4, -0.2) is 21.2 Å². The van der Waals surface area contributed by atoms with Gasteiger partial charge in [0.1, 0.15) is 0 Å². The molecule has 78 valence electrons. The number of hydrogen-bond donors (Lipinski definition) is 2. The van der Waals surface area contributed by atoms with Crippen LogP contribution in [0, 0.1) is 0 Å². The zero-order valence-corrected chi connectivity index (χ0v) is 8.74. The Hall–Kier alpha value is -1.36. The minimum Gasteiger partial charge on any atom is -0.349 e. The molecule has 0 unspecified atom stereocenters. The van der Waals surface area contributed by atoms with Crippen molar-refractivity contribution in [2.75, 3.05) is 0 Å². The largest absolute Gasteiger partial charge is 0.349 e. The molecule has 0 aliphatic rings. The maximum absolute atomic E-state index is 11.4. The number of carbonyl (C=O) groups excluding carboxylic acids is 1. The minimum absolute atomic E-state index is 0.178. The lowest BCUT2D eigenvalue weighted by Gasteiger charge is -2.16. The Morgan fingerprint density at radius 1 is 1.71 bits per heavy atom. The third-order valence-electron chi connectivity index (χ3n) is 1.78. The summed E-state index contributed by atoms with van der Waals surface area (Å²) in [6, 6.07) is 1.85.